The third-order valence-electron chi connectivity index (χ3n) is 5.45. The summed E-state index contributed by atoms with van der Waals surface area (Å²) in [7, 11) is 1.65. The van der Waals surface area contributed by atoms with Crippen molar-refractivity contribution in [3.8, 4) is 0 Å². The van der Waals surface area contributed by atoms with Crippen molar-refractivity contribution in [1.82, 2.24) is 14.8 Å². The smallest absolute Gasteiger partial charge is 0.240 e. The average molecular weight is 392 g/mol. The Morgan fingerprint density at radius 3 is 2.68 bits per heavy atom. The first-order chi connectivity index (χ1) is 13.7. The van der Waals surface area contributed by atoms with Crippen LogP contribution in [0.3, 0.4) is 0 Å². The summed E-state index contributed by atoms with van der Waals surface area (Å²) in [6, 6.07) is 13.5. The Kier molecular flexibility index (Phi) is 4.07. The number of carbonyl (C=O) groups excluding carboxylic acids is 1. The quantitative estimate of drug-likeness (QED) is 0.747. The highest BCUT2D eigenvalue weighted by molar-refractivity contribution is 6.29. The Hall–Kier alpha value is -2.89. The third-order valence-corrected chi connectivity index (χ3v) is 5.67. The lowest BCUT2D eigenvalue weighted by atomic mass is 9.91. The van der Waals surface area contributed by atoms with E-state index in [0.717, 1.165) is 22.4 Å². The second-order valence-electron chi connectivity index (χ2n) is 6.95. The van der Waals surface area contributed by atoms with Crippen LogP contribution in [0.1, 0.15) is 17.0 Å². The molecule has 3 aliphatic heterocycles. The second-order valence-corrected chi connectivity index (χ2v) is 7.34. The fraction of sp³-hybridized carbons (Fsp3) is 0.182. The number of benzene rings is 1. The summed E-state index contributed by atoms with van der Waals surface area (Å²) in [5.41, 5.74) is 3.88. The van der Waals surface area contributed by atoms with Gasteiger partial charge in [0.05, 0.1) is 5.70 Å². The zero-order chi connectivity index (χ0) is 19.3. The minimum absolute atomic E-state index is 0.0324. The molecule has 6 heteroatoms. The zero-order valence-corrected chi connectivity index (χ0v) is 16.0. The second kappa shape index (κ2) is 6.62. The molecule has 1 fully saturated rings. The molecule has 0 radical (unpaired) electrons. The summed E-state index contributed by atoms with van der Waals surface area (Å²) in [6.07, 6.45) is 9.00. The summed E-state index contributed by atoms with van der Waals surface area (Å²) in [4.78, 5) is 21.6. The van der Waals surface area contributed by atoms with Gasteiger partial charge in [-0.05, 0) is 35.4 Å². The Morgan fingerprint density at radius 2 is 1.96 bits per heavy atom. The molecular formula is C22H18ClN3O2. The monoisotopic (exact) mass is 391 g/mol. The fourth-order valence-electron chi connectivity index (χ4n) is 4.25. The van der Waals surface area contributed by atoms with Crippen molar-refractivity contribution in [3.05, 3.63) is 94.9 Å². The number of hydrogen-bond donors (Lipinski definition) is 0. The van der Waals surface area contributed by atoms with Gasteiger partial charge in [-0.1, -0.05) is 48.0 Å². The largest absolute Gasteiger partial charge is 0.360 e. The maximum absolute atomic E-state index is 13.4. The first-order valence-electron chi connectivity index (χ1n) is 9.09. The Balaban J connectivity index is 1.65. The lowest BCUT2D eigenvalue weighted by molar-refractivity contribution is -0.155. The number of halogens is 1. The van der Waals surface area contributed by atoms with E-state index in [2.05, 4.69) is 16.0 Å². The lowest BCUT2D eigenvalue weighted by Crippen LogP contribution is -2.61. The molecule has 5 rings (SSSR count). The molecule has 1 aromatic heterocycles. The molecule has 3 atom stereocenters. The number of allylic oxidation sites excluding steroid dienone is 2. The van der Waals surface area contributed by atoms with Crippen LogP contribution in [0.15, 0.2) is 78.7 Å². The van der Waals surface area contributed by atoms with Crippen LogP contribution in [0.2, 0.25) is 5.15 Å². The number of nitrogens with zero attached hydrogens (tertiary/aromatic N) is 3. The van der Waals surface area contributed by atoms with E-state index in [1.165, 1.54) is 0 Å². The molecule has 0 bridgehead atoms. The number of pyridine rings is 1. The van der Waals surface area contributed by atoms with Gasteiger partial charge < -0.3 is 9.64 Å². The summed E-state index contributed by atoms with van der Waals surface area (Å²) in [5.74, 6) is -0.404. The van der Waals surface area contributed by atoms with Crippen molar-refractivity contribution < 1.29 is 9.53 Å². The predicted octanol–water partition coefficient (Wildman–Crippen LogP) is 3.77. The summed E-state index contributed by atoms with van der Waals surface area (Å²) in [5, 5.41) is 0.446. The number of rotatable bonds is 3. The molecule has 1 amide bonds. The summed E-state index contributed by atoms with van der Waals surface area (Å²) in [6.45, 7) is 0. The van der Waals surface area contributed by atoms with Crippen LogP contribution >= 0.6 is 11.6 Å². The van der Waals surface area contributed by atoms with Gasteiger partial charge in [-0.25, -0.2) is 4.98 Å². The van der Waals surface area contributed by atoms with E-state index in [1.54, 1.807) is 24.3 Å². The van der Waals surface area contributed by atoms with Crippen molar-refractivity contribution in [3.63, 3.8) is 0 Å². The van der Waals surface area contributed by atoms with Gasteiger partial charge >= 0.3 is 0 Å². The molecule has 4 heterocycles. The first kappa shape index (κ1) is 17.2. The minimum Gasteiger partial charge on any atom is -0.360 e. The number of hydrogen-bond acceptors (Lipinski definition) is 4. The van der Waals surface area contributed by atoms with Gasteiger partial charge in [-0.3, -0.25) is 9.69 Å². The highest BCUT2D eigenvalue weighted by Crippen LogP contribution is 2.46. The molecule has 5 nitrogen and oxygen atoms in total. The standard InChI is InChI=1S/C22H18ClN3O2/c1-28-22-19(14-6-3-2-4-7-14)21(27)25-11-5-8-15-12-17(26(22)20(15)25)16-9-10-18(23)24-13-16/h2-13,19-20,22H,1H3. The van der Waals surface area contributed by atoms with Gasteiger partial charge in [0.1, 0.15) is 23.5 Å². The molecule has 140 valence electrons. The zero-order valence-electron chi connectivity index (χ0n) is 15.2. The predicted molar refractivity (Wildman–Crippen MR) is 107 cm³/mol. The number of methoxy groups -OCH3 is 1. The average Bonchev–Trinajstić information content (AvgIpc) is 3.12. The van der Waals surface area contributed by atoms with Crippen molar-refractivity contribution in [2.24, 2.45) is 0 Å². The van der Waals surface area contributed by atoms with Gasteiger partial charge in [-0.15, -0.1) is 0 Å². The molecule has 3 aliphatic rings. The third kappa shape index (κ3) is 2.51. The number of aromatic nitrogens is 1. The van der Waals surface area contributed by atoms with E-state index in [9.17, 15) is 4.79 Å². The van der Waals surface area contributed by atoms with Crippen LogP contribution in [0.5, 0.6) is 0 Å². The minimum atomic E-state index is -0.437. The number of amides is 1. The maximum atomic E-state index is 13.4. The van der Waals surface area contributed by atoms with E-state index in [-0.39, 0.29) is 12.1 Å². The van der Waals surface area contributed by atoms with Crippen molar-refractivity contribution >= 4 is 23.2 Å². The molecule has 1 saturated heterocycles. The van der Waals surface area contributed by atoms with E-state index in [1.807, 2.05) is 54.8 Å². The normalized spacial score (nSPS) is 25.5. The highest BCUT2D eigenvalue weighted by Gasteiger charge is 2.52. The molecule has 0 saturated carbocycles. The first-order valence-corrected chi connectivity index (χ1v) is 9.47. The molecule has 0 aliphatic carbocycles. The lowest BCUT2D eigenvalue weighted by Gasteiger charge is -2.49. The van der Waals surface area contributed by atoms with E-state index >= 15 is 0 Å². The molecule has 1 aromatic carbocycles. The van der Waals surface area contributed by atoms with Crippen LogP contribution in [-0.4, -0.2) is 40.2 Å². The number of ether oxygens (including phenoxy) is 1. The molecule has 0 spiro atoms. The van der Waals surface area contributed by atoms with Crippen LogP contribution in [0.4, 0.5) is 0 Å². The van der Waals surface area contributed by atoms with E-state index < -0.39 is 12.1 Å². The highest BCUT2D eigenvalue weighted by atomic mass is 35.5. The van der Waals surface area contributed by atoms with Crippen LogP contribution in [0.25, 0.3) is 5.70 Å². The molecule has 3 unspecified atom stereocenters. The van der Waals surface area contributed by atoms with Crippen molar-refractivity contribution in [1.29, 1.82) is 0 Å². The fourth-order valence-corrected chi connectivity index (χ4v) is 4.36. The van der Waals surface area contributed by atoms with E-state index in [4.69, 9.17) is 16.3 Å². The van der Waals surface area contributed by atoms with E-state index in [0.29, 0.717) is 5.15 Å². The van der Waals surface area contributed by atoms with Gasteiger partial charge in [0, 0.05) is 25.1 Å². The molecule has 0 N–H and O–H groups in total. The Morgan fingerprint density at radius 1 is 1.14 bits per heavy atom. The van der Waals surface area contributed by atoms with Gasteiger partial charge in [-0.2, -0.15) is 0 Å². The van der Waals surface area contributed by atoms with Crippen LogP contribution in [-0.2, 0) is 9.53 Å². The van der Waals surface area contributed by atoms with Crippen molar-refractivity contribution in [2.75, 3.05) is 7.11 Å². The Bertz CT molecular complexity index is 1010. The van der Waals surface area contributed by atoms with Gasteiger partial charge in [0.25, 0.3) is 0 Å². The SMILES string of the molecule is COC1C(c2ccccc2)C(=O)N2C=CC=C3C=C(c4ccc(Cl)nc4)N1C32. The van der Waals surface area contributed by atoms with Crippen molar-refractivity contribution in [2.45, 2.75) is 18.3 Å². The topological polar surface area (TPSA) is 45.7 Å². The number of carbonyl (C=O) groups is 1. The molecule has 2 aromatic rings. The maximum Gasteiger partial charge on any atom is 0.240 e. The van der Waals surface area contributed by atoms with Gasteiger partial charge in [0.15, 0.2) is 0 Å². The van der Waals surface area contributed by atoms with Crippen LogP contribution < -0.4 is 0 Å². The summed E-state index contributed by atoms with van der Waals surface area (Å²) >= 11 is 5.98. The summed E-state index contributed by atoms with van der Waals surface area (Å²) < 4.78 is 5.92. The molecule has 28 heavy (non-hydrogen) atoms. The molecular weight excluding hydrogens is 374 g/mol. The van der Waals surface area contributed by atoms with Gasteiger partial charge in [0.2, 0.25) is 5.91 Å². The van der Waals surface area contributed by atoms with Crippen LogP contribution in [0, 0.1) is 0 Å². The Labute approximate surface area is 168 Å².